The van der Waals surface area contributed by atoms with Gasteiger partial charge in [-0.15, -0.1) is 0 Å². The van der Waals surface area contributed by atoms with Crippen molar-refractivity contribution in [3.05, 3.63) is 23.8 Å². The fourth-order valence-corrected chi connectivity index (χ4v) is 2.15. The molecule has 0 aliphatic rings. The molecule has 116 valence electrons. The molecule has 0 saturated heterocycles. The molecule has 5 heteroatoms. The molecule has 0 unspecified atom stereocenters. The van der Waals surface area contributed by atoms with E-state index in [0.29, 0.717) is 12.8 Å². The van der Waals surface area contributed by atoms with Gasteiger partial charge in [0.2, 0.25) is 0 Å². The molecule has 3 N–H and O–H groups in total. The molecule has 0 aromatic heterocycles. The maximum Gasteiger partial charge on any atom is 0.303 e. The third-order valence-corrected chi connectivity index (χ3v) is 3.33. The van der Waals surface area contributed by atoms with Crippen molar-refractivity contribution in [2.24, 2.45) is 0 Å². The Hall–Kier alpha value is -2.04. The Labute approximate surface area is 124 Å². The van der Waals surface area contributed by atoms with Gasteiger partial charge in [-0.2, -0.15) is 0 Å². The Kier molecular flexibility index (Phi) is 7.29. The highest BCUT2D eigenvalue weighted by Gasteiger charge is 2.11. The molecular weight excluding hydrogens is 272 g/mol. The molecule has 0 heterocycles. The molecule has 0 atom stereocenters. The lowest BCUT2D eigenvalue weighted by Crippen LogP contribution is -1.99. The standard InChI is InChI=1S/C16H22O5/c17-12-9-10-15(19)13(11-12)14(18)7-5-3-1-2-4-6-8-16(20)21/h9-11,17,19H,1-8H2,(H,20,21). The number of carbonyl (C=O) groups is 2. The first-order valence-electron chi connectivity index (χ1n) is 7.27. The number of phenolic OH excluding ortho intramolecular Hbond substituents is 2. The van der Waals surface area contributed by atoms with Crippen molar-refractivity contribution in [1.29, 1.82) is 0 Å². The van der Waals surface area contributed by atoms with Crippen LogP contribution in [0.3, 0.4) is 0 Å². The molecule has 1 aromatic rings. The van der Waals surface area contributed by atoms with Crippen LogP contribution in [0.2, 0.25) is 0 Å². The van der Waals surface area contributed by atoms with Crippen molar-refractivity contribution in [3.8, 4) is 11.5 Å². The Balaban J connectivity index is 2.16. The van der Waals surface area contributed by atoms with Gasteiger partial charge in [-0.3, -0.25) is 9.59 Å². The largest absolute Gasteiger partial charge is 0.508 e. The molecule has 1 rings (SSSR count). The van der Waals surface area contributed by atoms with E-state index in [-0.39, 0.29) is 29.3 Å². The maximum atomic E-state index is 11.9. The van der Waals surface area contributed by atoms with Gasteiger partial charge in [0.1, 0.15) is 11.5 Å². The van der Waals surface area contributed by atoms with Gasteiger partial charge < -0.3 is 15.3 Å². The second kappa shape index (κ2) is 9.00. The molecule has 0 amide bonds. The van der Waals surface area contributed by atoms with Gasteiger partial charge in [0.05, 0.1) is 5.56 Å². The van der Waals surface area contributed by atoms with Crippen LogP contribution in [0.5, 0.6) is 11.5 Å². The van der Waals surface area contributed by atoms with Crippen molar-refractivity contribution < 1.29 is 24.9 Å². The molecule has 0 saturated carbocycles. The predicted octanol–water partition coefficient (Wildman–Crippen LogP) is 3.49. The van der Waals surface area contributed by atoms with E-state index in [9.17, 15) is 19.8 Å². The third-order valence-electron chi connectivity index (χ3n) is 3.33. The van der Waals surface area contributed by atoms with Crippen LogP contribution in [-0.2, 0) is 4.79 Å². The summed E-state index contributed by atoms with van der Waals surface area (Å²) in [6, 6.07) is 3.93. The summed E-state index contributed by atoms with van der Waals surface area (Å²) in [6.07, 6.45) is 5.73. The second-order valence-corrected chi connectivity index (χ2v) is 5.14. The van der Waals surface area contributed by atoms with Crippen LogP contribution in [0, 0.1) is 0 Å². The van der Waals surface area contributed by atoms with Crippen molar-refractivity contribution >= 4 is 11.8 Å². The number of aliphatic carboxylic acids is 1. The summed E-state index contributed by atoms with van der Waals surface area (Å²) in [5, 5.41) is 27.4. The maximum absolute atomic E-state index is 11.9. The minimum Gasteiger partial charge on any atom is -0.508 e. The lowest BCUT2D eigenvalue weighted by Gasteiger charge is -2.05. The van der Waals surface area contributed by atoms with Crippen molar-refractivity contribution in [1.82, 2.24) is 0 Å². The number of carboxylic acids is 1. The number of rotatable bonds is 10. The van der Waals surface area contributed by atoms with Gasteiger partial charge >= 0.3 is 5.97 Å². The van der Waals surface area contributed by atoms with E-state index in [2.05, 4.69) is 0 Å². The summed E-state index contributed by atoms with van der Waals surface area (Å²) in [6.45, 7) is 0. The number of hydrogen-bond acceptors (Lipinski definition) is 4. The summed E-state index contributed by atoms with van der Waals surface area (Å²) >= 11 is 0. The van der Waals surface area contributed by atoms with Crippen LogP contribution in [0.1, 0.15) is 61.7 Å². The third kappa shape index (κ3) is 6.79. The van der Waals surface area contributed by atoms with E-state index in [0.717, 1.165) is 32.1 Å². The SMILES string of the molecule is O=C(O)CCCCCCCCC(=O)c1cc(O)ccc1O. The van der Waals surface area contributed by atoms with Gasteiger partial charge in [0.25, 0.3) is 0 Å². The zero-order chi connectivity index (χ0) is 15.7. The minimum atomic E-state index is -0.758. The average Bonchev–Trinajstić information content (AvgIpc) is 2.43. The Morgan fingerprint density at radius 3 is 2.05 bits per heavy atom. The Morgan fingerprint density at radius 1 is 0.857 bits per heavy atom. The highest BCUT2D eigenvalue weighted by molar-refractivity contribution is 5.98. The van der Waals surface area contributed by atoms with Crippen LogP contribution in [0.25, 0.3) is 0 Å². The topological polar surface area (TPSA) is 94.8 Å². The molecule has 0 fully saturated rings. The van der Waals surface area contributed by atoms with Crippen LogP contribution in [0.15, 0.2) is 18.2 Å². The molecule has 0 bridgehead atoms. The van der Waals surface area contributed by atoms with Gasteiger partial charge in [-0.25, -0.2) is 0 Å². The second-order valence-electron chi connectivity index (χ2n) is 5.14. The molecule has 1 aromatic carbocycles. The molecule has 5 nitrogen and oxygen atoms in total. The summed E-state index contributed by atoms with van der Waals surface area (Å²) < 4.78 is 0. The number of carboxylic acid groups (broad SMARTS) is 1. The molecular formula is C16H22O5. The lowest BCUT2D eigenvalue weighted by atomic mass is 10.0. The number of aromatic hydroxyl groups is 2. The first-order valence-corrected chi connectivity index (χ1v) is 7.27. The van der Waals surface area contributed by atoms with E-state index >= 15 is 0 Å². The van der Waals surface area contributed by atoms with Crippen molar-refractivity contribution in [2.45, 2.75) is 51.4 Å². The van der Waals surface area contributed by atoms with Crippen molar-refractivity contribution in [3.63, 3.8) is 0 Å². The Morgan fingerprint density at radius 2 is 1.43 bits per heavy atom. The van der Waals surface area contributed by atoms with Crippen LogP contribution < -0.4 is 0 Å². The monoisotopic (exact) mass is 294 g/mol. The number of benzene rings is 1. The quantitative estimate of drug-likeness (QED) is 0.349. The molecule has 21 heavy (non-hydrogen) atoms. The smallest absolute Gasteiger partial charge is 0.303 e. The molecule has 0 radical (unpaired) electrons. The summed E-state index contributed by atoms with van der Waals surface area (Å²) in [4.78, 5) is 22.2. The van der Waals surface area contributed by atoms with E-state index in [1.165, 1.54) is 18.2 Å². The fraction of sp³-hybridized carbons (Fsp3) is 0.500. The van der Waals surface area contributed by atoms with E-state index in [1.54, 1.807) is 0 Å². The molecule has 0 aliphatic heterocycles. The normalized spacial score (nSPS) is 10.5. The first-order chi connectivity index (χ1) is 10.0. The van der Waals surface area contributed by atoms with Gasteiger partial charge in [-0.05, 0) is 31.0 Å². The summed E-state index contributed by atoms with van der Waals surface area (Å²) in [5.41, 5.74) is 0.163. The Bertz CT molecular complexity index is 482. The first kappa shape index (κ1) is 17.0. The molecule has 0 spiro atoms. The van der Waals surface area contributed by atoms with Crippen LogP contribution in [0.4, 0.5) is 0 Å². The number of phenols is 2. The van der Waals surface area contributed by atoms with Crippen LogP contribution >= 0.6 is 0 Å². The van der Waals surface area contributed by atoms with Gasteiger partial charge in [-0.1, -0.05) is 25.7 Å². The molecule has 0 aliphatic carbocycles. The van der Waals surface area contributed by atoms with Crippen LogP contribution in [-0.4, -0.2) is 27.1 Å². The summed E-state index contributed by atoms with van der Waals surface area (Å²) in [7, 11) is 0. The number of Topliss-reactive ketones (excluding diaryl/α,β-unsaturated/α-hetero) is 1. The fourth-order valence-electron chi connectivity index (χ4n) is 2.15. The van der Waals surface area contributed by atoms with E-state index < -0.39 is 5.97 Å². The predicted molar refractivity (Wildman–Crippen MR) is 78.7 cm³/mol. The average molecular weight is 294 g/mol. The highest BCUT2D eigenvalue weighted by atomic mass is 16.4. The van der Waals surface area contributed by atoms with E-state index in [1.807, 2.05) is 0 Å². The van der Waals surface area contributed by atoms with Crippen molar-refractivity contribution in [2.75, 3.05) is 0 Å². The number of ketones is 1. The number of unbranched alkanes of at least 4 members (excludes halogenated alkanes) is 5. The highest BCUT2D eigenvalue weighted by Crippen LogP contribution is 2.24. The lowest BCUT2D eigenvalue weighted by molar-refractivity contribution is -0.137. The summed E-state index contributed by atoms with van der Waals surface area (Å²) in [5.74, 6) is -1.07. The zero-order valence-electron chi connectivity index (χ0n) is 12.0. The number of hydrogen-bond donors (Lipinski definition) is 3. The van der Waals surface area contributed by atoms with Gasteiger partial charge in [0, 0.05) is 12.8 Å². The zero-order valence-corrected chi connectivity index (χ0v) is 12.0. The van der Waals surface area contributed by atoms with E-state index in [4.69, 9.17) is 5.11 Å². The number of carbonyl (C=O) groups excluding carboxylic acids is 1. The minimum absolute atomic E-state index is 0.0328. The van der Waals surface area contributed by atoms with Gasteiger partial charge in [0.15, 0.2) is 5.78 Å².